The molecule has 0 saturated heterocycles. The van der Waals surface area contributed by atoms with Gasteiger partial charge >= 0.3 is 0 Å². The molecule has 0 fully saturated rings. The number of benzene rings is 1. The molecule has 1 heterocycles. The lowest BCUT2D eigenvalue weighted by molar-refractivity contribution is -0.126. The SMILES string of the molecule is CCN(CC)CCCN(C(=O)c1ccc(-c2ccccc2)[nH]1)C(C)C(=O)NC(C)(C)C. The summed E-state index contributed by atoms with van der Waals surface area (Å²) in [5.74, 6) is -0.295. The van der Waals surface area contributed by atoms with Crippen molar-refractivity contribution in [3.05, 3.63) is 48.2 Å². The van der Waals surface area contributed by atoms with Gasteiger partial charge in [-0.05, 0) is 71.4 Å². The summed E-state index contributed by atoms with van der Waals surface area (Å²) in [4.78, 5) is 33.5. The molecule has 1 aromatic carbocycles. The standard InChI is InChI=1S/C25H38N4O2/c1-7-28(8-2)17-12-18-29(19(3)23(30)27-25(4,5)6)24(31)22-16-15-21(26-22)20-13-10-9-11-14-20/h9-11,13-16,19,26H,7-8,12,17-18H2,1-6H3,(H,27,30). The molecule has 6 nitrogen and oxygen atoms in total. The van der Waals surface area contributed by atoms with Gasteiger partial charge in [-0.25, -0.2) is 0 Å². The Hall–Kier alpha value is -2.60. The molecular formula is C25H38N4O2. The second-order valence-corrected chi connectivity index (χ2v) is 8.95. The zero-order chi connectivity index (χ0) is 23.0. The van der Waals surface area contributed by atoms with E-state index in [2.05, 4.69) is 29.0 Å². The first kappa shape index (κ1) is 24.7. The predicted molar refractivity (Wildman–Crippen MR) is 127 cm³/mol. The maximum Gasteiger partial charge on any atom is 0.270 e. The fourth-order valence-corrected chi connectivity index (χ4v) is 3.55. The molecule has 170 valence electrons. The van der Waals surface area contributed by atoms with Crippen LogP contribution in [-0.4, -0.2) is 64.4 Å². The summed E-state index contributed by atoms with van der Waals surface area (Å²) in [6.45, 7) is 15.3. The summed E-state index contributed by atoms with van der Waals surface area (Å²) in [5.41, 5.74) is 2.05. The Morgan fingerprint density at radius 3 is 2.23 bits per heavy atom. The highest BCUT2D eigenvalue weighted by Crippen LogP contribution is 2.19. The summed E-state index contributed by atoms with van der Waals surface area (Å²) in [6, 6.07) is 13.1. The molecular weight excluding hydrogens is 388 g/mol. The Labute approximate surface area is 187 Å². The lowest BCUT2D eigenvalue weighted by Gasteiger charge is -2.31. The van der Waals surface area contributed by atoms with Gasteiger partial charge in [0.15, 0.2) is 0 Å². The van der Waals surface area contributed by atoms with E-state index in [4.69, 9.17) is 0 Å². The third kappa shape index (κ3) is 7.24. The average molecular weight is 427 g/mol. The molecule has 2 N–H and O–H groups in total. The minimum Gasteiger partial charge on any atom is -0.351 e. The van der Waals surface area contributed by atoms with Crippen molar-refractivity contribution in [3.63, 3.8) is 0 Å². The maximum atomic E-state index is 13.4. The highest BCUT2D eigenvalue weighted by atomic mass is 16.2. The summed E-state index contributed by atoms with van der Waals surface area (Å²) >= 11 is 0. The summed E-state index contributed by atoms with van der Waals surface area (Å²) in [7, 11) is 0. The van der Waals surface area contributed by atoms with E-state index in [1.807, 2.05) is 57.2 Å². The van der Waals surface area contributed by atoms with E-state index in [0.717, 1.165) is 37.3 Å². The van der Waals surface area contributed by atoms with Crippen LogP contribution in [0.15, 0.2) is 42.5 Å². The molecule has 2 rings (SSSR count). The first-order valence-corrected chi connectivity index (χ1v) is 11.3. The van der Waals surface area contributed by atoms with Crippen LogP contribution in [0.1, 0.15) is 58.5 Å². The van der Waals surface area contributed by atoms with Gasteiger partial charge in [-0.2, -0.15) is 0 Å². The van der Waals surface area contributed by atoms with E-state index < -0.39 is 6.04 Å². The fraction of sp³-hybridized carbons (Fsp3) is 0.520. The number of hydrogen-bond donors (Lipinski definition) is 2. The largest absolute Gasteiger partial charge is 0.351 e. The Morgan fingerprint density at radius 2 is 1.65 bits per heavy atom. The second kappa shape index (κ2) is 11.1. The van der Waals surface area contributed by atoms with Gasteiger partial charge in [0.1, 0.15) is 11.7 Å². The summed E-state index contributed by atoms with van der Waals surface area (Å²) < 4.78 is 0. The maximum absolute atomic E-state index is 13.4. The van der Waals surface area contributed by atoms with Gasteiger partial charge in [0.25, 0.3) is 5.91 Å². The van der Waals surface area contributed by atoms with Crippen molar-refractivity contribution in [2.45, 2.75) is 59.5 Å². The van der Waals surface area contributed by atoms with Gasteiger partial charge in [0.05, 0.1) is 0 Å². The molecule has 1 unspecified atom stereocenters. The van der Waals surface area contributed by atoms with Gasteiger partial charge in [-0.15, -0.1) is 0 Å². The second-order valence-electron chi connectivity index (χ2n) is 8.95. The first-order valence-electron chi connectivity index (χ1n) is 11.3. The van der Waals surface area contributed by atoms with Crippen LogP contribution in [0.5, 0.6) is 0 Å². The number of rotatable bonds is 10. The van der Waals surface area contributed by atoms with Crippen molar-refractivity contribution >= 4 is 11.8 Å². The molecule has 0 aliphatic rings. The van der Waals surface area contributed by atoms with E-state index in [0.29, 0.717) is 12.2 Å². The fourth-order valence-electron chi connectivity index (χ4n) is 3.55. The van der Waals surface area contributed by atoms with Crippen LogP contribution in [0, 0.1) is 0 Å². The predicted octanol–water partition coefficient (Wildman–Crippen LogP) is 4.16. The highest BCUT2D eigenvalue weighted by molar-refractivity contribution is 5.97. The van der Waals surface area contributed by atoms with Crippen molar-refractivity contribution in [2.24, 2.45) is 0 Å². The molecule has 0 aliphatic heterocycles. The van der Waals surface area contributed by atoms with Gasteiger partial charge in [0, 0.05) is 17.8 Å². The van der Waals surface area contributed by atoms with Crippen LogP contribution in [0.3, 0.4) is 0 Å². The van der Waals surface area contributed by atoms with Crippen molar-refractivity contribution in [3.8, 4) is 11.3 Å². The van der Waals surface area contributed by atoms with Crippen LogP contribution in [-0.2, 0) is 4.79 Å². The molecule has 0 radical (unpaired) electrons. The lowest BCUT2D eigenvalue weighted by atomic mass is 10.1. The number of nitrogens with zero attached hydrogens (tertiary/aromatic N) is 2. The molecule has 2 aromatic rings. The molecule has 31 heavy (non-hydrogen) atoms. The Balaban J connectivity index is 2.20. The number of carbonyl (C=O) groups excluding carboxylic acids is 2. The van der Waals surface area contributed by atoms with Crippen LogP contribution in [0.4, 0.5) is 0 Å². The first-order chi connectivity index (χ1) is 14.7. The van der Waals surface area contributed by atoms with E-state index in [1.54, 1.807) is 17.9 Å². The van der Waals surface area contributed by atoms with Crippen LogP contribution < -0.4 is 5.32 Å². The van der Waals surface area contributed by atoms with Gasteiger partial charge in [-0.1, -0.05) is 44.2 Å². The van der Waals surface area contributed by atoms with Crippen LogP contribution >= 0.6 is 0 Å². The number of aromatic nitrogens is 1. The minimum absolute atomic E-state index is 0.140. The monoisotopic (exact) mass is 426 g/mol. The van der Waals surface area contributed by atoms with E-state index >= 15 is 0 Å². The van der Waals surface area contributed by atoms with Gasteiger partial charge < -0.3 is 20.1 Å². The Kier molecular flexibility index (Phi) is 8.87. The molecule has 0 bridgehead atoms. The number of amides is 2. The lowest BCUT2D eigenvalue weighted by Crippen LogP contribution is -2.53. The third-order valence-electron chi connectivity index (χ3n) is 5.38. The highest BCUT2D eigenvalue weighted by Gasteiger charge is 2.29. The average Bonchev–Trinajstić information content (AvgIpc) is 3.23. The molecule has 1 atom stereocenters. The zero-order valence-electron chi connectivity index (χ0n) is 19.9. The number of hydrogen-bond acceptors (Lipinski definition) is 3. The van der Waals surface area contributed by atoms with Crippen molar-refractivity contribution in [1.29, 1.82) is 0 Å². The molecule has 1 aromatic heterocycles. The smallest absolute Gasteiger partial charge is 0.270 e. The van der Waals surface area contributed by atoms with Gasteiger partial charge in [-0.3, -0.25) is 9.59 Å². The Morgan fingerprint density at radius 1 is 1.00 bits per heavy atom. The normalized spacial score (nSPS) is 12.6. The van der Waals surface area contributed by atoms with Crippen LogP contribution in [0.2, 0.25) is 0 Å². The third-order valence-corrected chi connectivity index (χ3v) is 5.38. The Bertz CT molecular complexity index is 835. The number of H-pyrrole nitrogens is 1. The van der Waals surface area contributed by atoms with Crippen LogP contribution in [0.25, 0.3) is 11.3 Å². The number of nitrogens with one attached hydrogen (secondary N) is 2. The van der Waals surface area contributed by atoms with Gasteiger partial charge in [0.2, 0.25) is 5.91 Å². The molecule has 0 spiro atoms. The summed E-state index contributed by atoms with van der Waals surface area (Å²) in [6.07, 6.45) is 0.812. The number of aromatic amines is 1. The molecule has 0 aliphatic carbocycles. The van der Waals surface area contributed by atoms with E-state index in [1.165, 1.54) is 0 Å². The van der Waals surface area contributed by atoms with E-state index in [9.17, 15) is 9.59 Å². The quantitative estimate of drug-likeness (QED) is 0.599. The molecule has 2 amide bonds. The summed E-state index contributed by atoms with van der Waals surface area (Å²) in [5, 5.41) is 3.00. The van der Waals surface area contributed by atoms with Crippen molar-refractivity contribution in [1.82, 2.24) is 20.1 Å². The molecule has 0 saturated carbocycles. The topological polar surface area (TPSA) is 68.4 Å². The molecule has 6 heteroatoms. The van der Waals surface area contributed by atoms with Crippen molar-refractivity contribution < 1.29 is 9.59 Å². The van der Waals surface area contributed by atoms with E-state index in [-0.39, 0.29) is 17.4 Å². The zero-order valence-corrected chi connectivity index (χ0v) is 19.9. The van der Waals surface area contributed by atoms with Crippen molar-refractivity contribution in [2.75, 3.05) is 26.2 Å². The minimum atomic E-state index is -0.563. The number of carbonyl (C=O) groups is 2.